The van der Waals surface area contributed by atoms with Crippen molar-refractivity contribution < 1.29 is 22.7 Å². The first-order valence-corrected chi connectivity index (χ1v) is 8.12. The van der Waals surface area contributed by atoms with Crippen LogP contribution in [0.4, 0.5) is 8.78 Å². The lowest BCUT2D eigenvalue weighted by Crippen LogP contribution is -2.50. The van der Waals surface area contributed by atoms with Gasteiger partial charge in [-0.25, -0.2) is 8.78 Å². The van der Waals surface area contributed by atoms with Crippen molar-refractivity contribution in [1.29, 1.82) is 0 Å². The van der Waals surface area contributed by atoms with Crippen LogP contribution in [0.1, 0.15) is 34.2 Å². The first-order chi connectivity index (χ1) is 12.1. The van der Waals surface area contributed by atoms with Crippen molar-refractivity contribution in [2.75, 3.05) is 20.2 Å². The van der Waals surface area contributed by atoms with Gasteiger partial charge in [0.25, 0.3) is 5.91 Å². The smallest absolute Gasteiger partial charge is 0.287 e. The fourth-order valence-corrected chi connectivity index (χ4v) is 3.11. The number of halogens is 3. The molecule has 2 unspecified atom stereocenters. The number of piperidine rings is 1. The van der Waals surface area contributed by atoms with Crippen LogP contribution in [0.5, 0.6) is 0 Å². The predicted molar refractivity (Wildman–Crippen MR) is 94.5 cm³/mol. The lowest BCUT2D eigenvalue weighted by atomic mass is 9.86. The summed E-state index contributed by atoms with van der Waals surface area (Å²) in [7, 11) is 1.54. The highest BCUT2D eigenvalue weighted by atomic mass is 35.5. The molecule has 1 aliphatic rings. The number of hydrogen-bond acceptors (Lipinski definition) is 4. The van der Waals surface area contributed by atoms with E-state index in [0.29, 0.717) is 24.3 Å². The molecule has 0 bridgehead atoms. The van der Waals surface area contributed by atoms with Gasteiger partial charge in [0.15, 0.2) is 17.4 Å². The van der Waals surface area contributed by atoms with Gasteiger partial charge >= 0.3 is 0 Å². The Labute approximate surface area is 156 Å². The van der Waals surface area contributed by atoms with Gasteiger partial charge in [0, 0.05) is 25.6 Å². The number of carbonyl (C=O) groups excluding carboxylic acids is 1. The number of methoxy groups -OCH3 is 1. The van der Waals surface area contributed by atoms with Crippen LogP contribution in [0.25, 0.3) is 0 Å². The summed E-state index contributed by atoms with van der Waals surface area (Å²) in [6.07, 6.45) is 0.711. The molecule has 1 aliphatic heterocycles. The Morgan fingerprint density at radius 3 is 2.85 bits per heavy atom. The van der Waals surface area contributed by atoms with Gasteiger partial charge in [-0.3, -0.25) is 4.79 Å². The van der Waals surface area contributed by atoms with Crippen molar-refractivity contribution in [3.05, 3.63) is 59.1 Å². The number of ether oxygens (including phenoxy) is 1. The minimum absolute atomic E-state index is 0. The van der Waals surface area contributed by atoms with Gasteiger partial charge in [-0.15, -0.1) is 12.4 Å². The zero-order chi connectivity index (χ0) is 17.8. The van der Waals surface area contributed by atoms with E-state index in [-0.39, 0.29) is 42.6 Å². The van der Waals surface area contributed by atoms with Crippen LogP contribution in [0.3, 0.4) is 0 Å². The summed E-state index contributed by atoms with van der Waals surface area (Å²) in [5, 5.41) is 6.13. The summed E-state index contributed by atoms with van der Waals surface area (Å²) in [5.41, 5.74) is 0.671. The third kappa shape index (κ3) is 4.60. The fraction of sp³-hybridized carbons (Fsp3) is 0.389. The second-order valence-corrected chi connectivity index (χ2v) is 6.05. The number of hydrogen-bond donors (Lipinski definition) is 2. The second kappa shape index (κ2) is 9.12. The molecule has 2 N–H and O–H groups in total. The average molecular weight is 387 g/mol. The van der Waals surface area contributed by atoms with E-state index in [1.54, 1.807) is 25.3 Å². The monoisotopic (exact) mass is 386 g/mol. The molecule has 2 heterocycles. The number of rotatable bonds is 5. The Bertz CT molecular complexity index is 754. The fourth-order valence-electron chi connectivity index (χ4n) is 3.11. The van der Waals surface area contributed by atoms with Crippen molar-refractivity contribution in [2.24, 2.45) is 0 Å². The van der Waals surface area contributed by atoms with Gasteiger partial charge < -0.3 is 19.8 Å². The van der Waals surface area contributed by atoms with E-state index in [0.717, 1.165) is 12.6 Å². The van der Waals surface area contributed by atoms with E-state index in [1.165, 1.54) is 6.07 Å². The van der Waals surface area contributed by atoms with Crippen LogP contribution < -0.4 is 10.6 Å². The first kappa shape index (κ1) is 20.4. The normalized spacial score (nSPS) is 19.7. The minimum atomic E-state index is -0.878. The van der Waals surface area contributed by atoms with Crippen molar-refractivity contribution in [2.45, 2.75) is 25.0 Å². The van der Waals surface area contributed by atoms with Crippen molar-refractivity contribution in [3.8, 4) is 0 Å². The van der Waals surface area contributed by atoms with Gasteiger partial charge in [-0.05, 0) is 42.8 Å². The number of amides is 1. The minimum Gasteiger partial charge on any atom is -0.453 e. The lowest BCUT2D eigenvalue weighted by molar-refractivity contribution is 0.0887. The van der Waals surface area contributed by atoms with Gasteiger partial charge in [-0.1, -0.05) is 6.07 Å². The number of carbonyl (C=O) groups is 1. The molecule has 1 aromatic carbocycles. The summed E-state index contributed by atoms with van der Waals surface area (Å²) in [5.74, 6) is -1.44. The van der Waals surface area contributed by atoms with E-state index in [2.05, 4.69) is 10.6 Å². The molecule has 26 heavy (non-hydrogen) atoms. The molecular weight excluding hydrogens is 366 g/mol. The summed E-state index contributed by atoms with van der Waals surface area (Å²) < 4.78 is 37.1. The Balaban J connectivity index is 0.00000243. The Hall–Kier alpha value is -1.96. The Kier molecular flexibility index (Phi) is 7.14. The van der Waals surface area contributed by atoms with E-state index in [9.17, 15) is 13.6 Å². The number of benzene rings is 1. The molecule has 142 valence electrons. The maximum absolute atomic E-state index is 13.6. The summed E-state index contributed by atoms with van der Waals surface area (Å²) >= 11 is 0. The van der Waals surface area contributed by atoms with Crippen LogP contribution in [0.2, 0.25) is 0 Å². The molecule has 2 atom stereocenters. The SMILES string of the molecule is COCc1ccc(C(=O)NC2CNCCC2c2ccc(F)c(F)c2)o1.Cl. The maximum Gasteiger partial charge on any atom is 0.287 e. The first-order valence-electron chi connectivity index (χ1n) is 8.12. The molecule has 2 aromatic rings. The van der Waals surface area contributed by atoms with Crippen LogP contribution in [0.15, 0.2) is 34.7 Å². The van der Waals surface area contributed by atoms with Crippen LogP contribution in [0, 0.1) is 11.6 Å². The lowest BCUT2D eigenvalue weighted by Gasteiger charge is -2.33. The van der Waals surface area contributed by atoms with E-state index < -0.39 is 11.6 Å². The number of nitrogens with one attached hydrogen (secondary N) is 2. The molecule has 1 amide bonds. The zero-order valence-electron chi connectivity index (χ0n) is 14.3. The molecule has 1 saturated heterocycles. The summed E-state index contributed by atoms with van der Waals surface area (Å²) in [6.45, 7) is 1.57. The Morgan fingerprint density at radius 2 is 2.12 bits per heavy atom. The highest BCUT2D eigenvalue weighted by Gasteiger charge is 2.29. The third-order valence-electron chi connectivity index (χ3n) is 4.34. The molecule has 0 spiro atoms. The number of furan rings is 1. The van der Waals surface area contributed by atoms with E-state index in [4.69, 9.17) is 9.15 Å². The standard InChI is InChI=1S/C18H20F2N2O3.ClH/c1-24-10-12-3-5-17(25-12)18(23)22-16-9-21-7-6-13(16)11-2-4-14(19)15(20)8-11;/h2-5,8,13,16,21H,6-7,9-10H2,1H3,(H,22,23);1H. The van der Waals surface area contributed by atoms with Crippen LogP contribution in [-0.4, -0.2) is 32.1 Å². The third-order valence-corrected chi connectivity index (χ3v) is 4.34. The molecule has 1 aromatic heterocycles. The van der Waals surface area contributed by atoms with Crippen LogP contribution >= 0.6 is 12.4 Å². The molecule has 3 rings (SSSR count). The highest BCUT2D eigenvalue weighted by molar-refractivity contribution is 5.91. The van der Waals surface area contributed by atoms with E-state index >= 15 is 0 Å². The van der Waals surface area contributed by atoms with Crippen molar-refractivity contribution in [1.82, 2.24) is 10.6 Å². The Morgan fingerprint density at radius 1 is 1.31 bits per heavy atom. The quantitative estimate of drug-likeness (QED) is 0.829. The van der Waals surface area contributed by atoms with Gasteiger partial charge in [-0.2, -0.15) is 0 Å². The van der Waals surface area contributed by atoms with E-state index in [1.807, 2.05) is 0 Å². The highest BCUT2D eigenvalue weighted by Crippen LogP contribution is 2.27. The molecule has 0 radical (unpaired) electrons. The zero-order valence-corrected chi connectivity index (χ0v) is 15.1. The molecular formula is C18H21ClF2N2O3. The predicted octanol–water partition coefficient (Wildman–Crippen LogP) is 3.00. The molecule has 8 heteroatoms. The molecule has 0 saturated carbocycles. The molecule has 1 fully saturated rings. The largest absolute Gasteiger partial charge is 0.453 e. The molecule has 0 aliphatic carbocycles. The summed E-state index contributed by atoms with van der Waals surface area (Å²) in [6, 6.07) is 6.92. The maximum atomic E-state index is 13.6. The van der Waals surface area contributed by atoms with Crippen molar-refractivity contribution >= 4 is 18.3 Å². The van der Waals surface area contributed by atoms with Gasteiger partial charge in [0.05, 0.1) is 0 Å². The topological polar surface area (TPSA) is 63.5 Å². The summed E-state index contributed by atoms with van der Waals surface area (Å²) in [4.78, 5) is 12.4. The molecule has 5 nitrogen and oxygen atoms in total. The average Bonchev–Trinajstić information content (AvgIpc) is 3.07. The van der Waals surface area contributed by atoms with Gasteiger partial charge in [0.2, 0.25) is 0 Å². The second-order valence-electron chi connectivity index (χ2n) is 6.05. The van der Waals surface area contributed by atoms with Crippen LogP contribution in [-0.2, 0) is 11.3 Å². The van der Waals surface area contributed by atoms with Gasteiger partial charge in [0.1, 0.15) is 12.4 Å². The van der Waals surface area contributed by atoms with Crippen molar-refractivity contribution in [3.63, 3.8) is 0 Å².